The maximum atomic E-state index is 15.6. The maximum Gasteiger partial charge on any atom is 0.459 e. The summed E-state index contributed by atoms with van der Waals surface area (Å²) in [5.41, 5.74) is -4.22. The molecule has 1 aromatic carbocycles. The lowest BCUT2D eigenvalue weighted by atomic mass is 9.95. The van der Waals surface area contributed by atoms with E-state index in [1.165, 1.54) is 24.3 Å². The fourth-order valence-electron chi connectivity index (χ4n) is 3.18. The van der Waals surface area contributed by atoms with Crippen molar-refractivity contribution < 1.29 is 42.9 Å². The van der Waals surface area contributed by atoms with Crippen LogP contribution in [0.25, 0.3) is 0 Å². The lowest BCUT2D eigenvalue weighted by Gasteiger charge is -2.28. The van der Waals surface area contributed by atoms with E-state index in [2.05, 4.69) is 5.09 Å². The first kappa shape index (κ1) is 25.7. The van der Waals surface area contributed by atoms with Gasteiger partial charge in [-0.1, -0.05) is 18.2 Å². The zero-order valence-electron chi connectivity index (χ0n) is 18.0. The standard InChI is InChI=1S/C19H23FN3O10P/c1-11(14(25)26)22-34(30,33-12-6-4-3-5-7-12)31-10-19(20)15(27)18(2,29)16(32-19)23-9-8-13(24)21-17(23)28/h3-9,11,15-16,27,29H,10H2,1-2H3,(H,22,30)(H,25,26)(H,21,24,28)/t11-,15-,16+,18+,19+,34-/m0/s1. The van der Waals surface area contributed by atoms with Gasteiger partial charge in [-0.05, 0) is 26.0 Å². The van der Waals surface area contributed by atoms with Gasteiger partial charge in [0.2, 0.25) is 0 Å². The number of carboxylic acids is 1. The average molecular weight is 503 g/mol. The minimum absolute atomic E-state index is 0.00128. The molecule has 6 atom stereocenters. The average Bonchev–Trinajstić information content (AvgIpc) is 2.93. The second-order valence-corrected chi connectivity index (χ2v) is 9.46. The van der Waals surface area contributed by atoms with E-state index in [1.54, 1.807) is 6.07 Å². The number of aromatic nitrogens is 2. The van der Waals surface area contributed by atoms with Crippen molar-refractivity contribution in [1.29, 1.82) is 0 Å². The number of alkyl halides is 1. The van der Waals surface area contributed by atoms with Gasteiger partial charge in [0.25, 0.3) is 11.4 Å². The molecule has 0 radical (unpaired) electrons. The second-order valence-electron chi connectivity index (χ2n) is 7.77. The molecule has 15 heteroatoms. The topological polar surface area (TPSA) is 189 Å². The Kier molecular flexibility index (Phi) is 7.12. The zero-order chi connectivity index (χ0) is 25.3. The summed E-state index contributed by atoms with van der Waals surface area (Å²) in [5.74, 6) is -4.64. The van der Waals surface area contributed by atoms with Crippen LogP contribution in [0.3, 0.4) is 0 Å². The molecule has 3 rings (SSSR count). The van der Waals surface area contributed by atoms with Gasteiger partial charge in [0.15, 0.2) is 6.23 Å². The van der Waals surface area contributed by atoms with Crippen molar-refractivity contribution in [3.8, 4) is 5.75 Å². The SMILES string of the molecule is C[C@H](N[P@](=O)(OC[C@@]1(F)O[C@@H](n2ccc(=O)[nH]c2=O)[C@](C)(O)[C@@H]1O)Oc1ccccc1)C(=O)O. The highest BCUT2D eigenvalue weighted by Gasteiger charge is 2.63. The number of nitrogens with one attached hydrogen (secondary N) is 2. The third-order valence-corrected chi connectivity index (χ3v) is 6.62. The van der Waals surface area contributed by atoms with Gasteiger partial charge in [-0.15, -0.1) is 0 Å². The molecule has 0 bridgehead atoms. The van der Waals surface area contributed by atoms with Crippen LogP contribution in [-0.2, 0) is 18.6 Å². The molecule has 0 unspecified atom stereocenters. The van der Waals surface area contributed by atoms with Crippen molar-refractivity contribution in [1.82, 2.24) is 14.6 Å². The molecule has 0 spiro atoms. The summed E-state index contributed by atoms with van der Waals surface area (Å²) in [6, 6.07) is 6.94. The summed E-state index contributed by atoms with van der Waals surface area (Å²) in [7, 11) is -4.58. The van der Waals surface area contributed by atoms with E-state index in [1.807, 2.05) is 4.98 Å². The van der Waals surface area contributed by atoms with Gasteiger partial charge in [0, 0.05) is 12.3 Å². The first-order valence-electron chi connectivity index (χ1n) is 9.86. The molecule has 5 N–H and O–H groups in total. The third kappa shape index (κ3) is 5.27. The van der Waals surface area contributed by atoms with Crippen LogP contribution in [0.1, 0.15) is 20.1 Å². The summed E-state index contributed by atoms with van der Waals surface area (Å²) >= 11 is 0. The molecule has 34 heavy (non-hydrogen) atoms. The summed E-state index contributed by atoms with van der Waals surface area (Å²) in [4.78, 5) is 36.5. The van der Waals surface area contributed by atoms with E-state index in [0.29, 0.717) is 4.57 Å². The Hall–Kier alpha value is -2.87. The van der Waals surface area contributed by atoms with Crippen molar-refractivity contribution in [2.45, 2.75) is 43.7 Å². The minimum Gasteiger partial charge on any atom is -0.480 e. The van der Waals surface area contributed by atoms with Gasteiger partial charge in [-0.25, -0.2) is 13.8 Å². The number of nitrogens with zero attached hydrogens (tertiary/aromatic N) is 1. The van der Waals surface area contributed by atoms with Gasteiger partial charge in [0.1, 0.15) is 30.1 Å². The van der Waals surface area contributed by atoms with E-state index >= 15 is 4.39 Å². The monoisotopic (exact) mass is 503 g/mol. The van der Waals surface area contributed by atoms with Crippen LogP contribution in [0.15, 0.2) is 52.2 Å². The highest BCUT2D eigenvalue weighted by molar-refractivity contribution is 7.52. The summed E-state index contributed by atoms with van der Waals surface area (Å²) in [5, 5.41) is 32.4. The van der Waals surface area contributed by atoms with Crippen molar-refractivity contribution in [3.05, 3.63) is 63.4 Å². The zero-order valence-corrected chi connectivity index (χ0v) is 18.8. The van der Waals surface area contributed by atoms with Gasteiger partial charge in [0.05, 0.1) is 0 Å². The maximum absolute atomic E-state index is 15.6. The predicted octanol–water partition coefficient (Wildman–Crippen LogP) is 0.110. The fourth-order valence-corrected chi connectivity index (χ4v) is 4.69. The van der Waals surface area contributed by atoms with Gasteiger partial charge < -0.3 is 24.6 Å². The smallest absolute Gasteiger partial charge is 0.459 e. The fraction of sp³-hybridized carbons (Fsp3) is 0.421. The molecule has 1 aliphatic heterocycles. The number of hydrogen-bond acceptors (Lipinski definition) is 9. The minimum atomic E-state index is -4.58. The molecule has 13 nitrogen and oxygen atoms in total. The van der Waals surface area contributed by atoms with Crippen LogP contribution in [0.2, 0.25) is 0 Å². The predicted molar refractivity (Wildman–Crippen MR) is 113 cm³/mol. The van der Waals surface area contributed by atoms with Gasteiger partial charge in [-0.3, -0.25) is 23.7 Å². The summed E-state index contributed by atoms with van der Waals surface area (Å²) in [6.45, 7) is 0.816. The number of carboxylic acid groups (broad SMARTS) is 1. The van der Waals surface area contributed by atoms with E-state index < -0.39 is 61.4 Å². The summed E-state index contributed by atoms with van der Waals surface area (Å²) in [6.07, 6.45) is -3.22. The van der Waals surface area contributed by atoms with Crippen LogP contribution in [0.5, 0.6) is 5.75 Å². The van der Waals surface area contributed by atoms with Gasteiger partial charge >= 0.3 is 19.4 Å². The van der Waals surface area contributed by atoms with Crippen molar-refractivity contribution in [2.24, 2.45) is 0 Å². The quantitative estimate of drug-likeness (QED) is 0.292. The highest BCUT2D eigenvalue weighted by atomic mass is 31.2. The lowest BCUT2D eigenvalue weighted by Crippen LogP contribution is -2.50. The van der Waals surface area contributed by atoms with E-state index in [4.69, 9.17) is 18.9 Å². The molecule has 0 saturated carbocycles. The number of H-pyrrole nitrogens is 1. The number of para-hydroxylation sites is 1. The first-order chi connectivity index (χ1) is 15.8. The van der Waals surface area contributed by atoms with Crippen molar-refractivity contribution in [2.75, 3.05) is 6.61 Å². The number of rotatable bonds is 9. The number of hydrogen-bond donors (Lipinski definition) is 5. The summed E-state index contributed by atoms with van der Waals surface area (Å²) < 4.78 is 45.0. The Bertz CT molecular complexity index is 1200. The molecule has 0 aliphatic carbocycles. The number of aliphatic hydroxyl groups is 2. The number of aliphatic carboxylic acids is 1. The number of aliphatic hydroxyl groups excluding tert-OH is 1. The third-order valence-electron chi connectivity index (χ3n) is 5.00. The van der Waals surface area contributed by atoms with Crippen LogP contribution in [0, 0.1) is 0 Å². The molecule has 2 aromatic rings. The van der Waals surface area contributed by atoms with Crippen LogP contribution in [0.4, 0.5) is 4.39 Å². The van der Waals surface area contributed by atoms with E-state index in [9.17, 15) is 29.2 Å². The molecule has 186 valence electrons. The van der Waals surface area contributed by atoms with E-state index in [-0.39, 0.29) is 5.75 Å². The molecule has 0 amide bonds. The molecule has 2 heterocycles. The number of halogens is 1. The number of ether oxygens (including phenoxy) is 1. The van der Waals surface area contributed by atoms with Crippen LogP contribution in [-0.4, -0.2) is 61.0 Å². The Labute approximate surface area is 191 Å². The molecular weight excluding hydrogens is 480 g/mol. The first-order valence-corrected chi connectivity index (χ1v) is 11.4. The molecule has 1 fully saturated rings. The number of carbonyl (C=O) groups is 1. The van der Waals surface area contributed by atoms with Crippen molar-refractivity contribution >= 4 is 13.7 Å². The van der Waals surface area contributed by atoms with E-state index in [0.717, 1.165) is 26.1 Å². The normalized spacial score (nSPS) is 29.3. The lowest BCUT2D eigenvalue weighted by molar-refractivity contribution is -0.204. The highest BCUT2D eigenvalue weighted by Crippen LogP contribution is 2.50. The van der Waals surface area contributed by atoms with Crippen molar-refractivity contribution in [3.63, 3.8) is 0 Å². The number of benzene rings is 1. The Morgan fingerprint density at radius 1 is 1.35 bits per heavy atom. The molecule has 1 aromatic heterocycles. The molecule has 1 saturated heterocycles. The Balaban J connectivity index is 1.87. The second kappa shape index (κ2) is 9.41. The van der Waals surface area contributed by atoms with Crippen LogP contribution >= 0.6 is 7.75 Å². The van der Waals surface area contributed by atoms with Crippen LogP contribution < -0.4 is 20.9 Å². The number of aromatic amines is 1. The molecule has 1 aliphatic rings. The Morgan fingerprint density at radius 2 is 2.00 bits per heavy atom. The Morgan fingerprint density at radius 3 is 2.59 bits per heavy atom. The van der Waals surface area contributed by atoms with Gasteiger partial charge in [-0.2, -0.15) is 5.09 Å². The molecular formula is C19H23FN3O10P. The largest absolute Gasteiger partial charge is 0.480 e.